The Morgan fingerprint density at radius 2 is 1.97 bits per heavy atom. The molecule has 2 aromatic carbocycles. The van der Waals surface area contributed by atoms with Gasteiger partial charge in [-0.3, -0.25) is 4.79 Å². The summed E-state index contributed by atoms with van der Waals surface area (Å²) in [6, 6.07) is 13.8. The number of amides is 1. The van der Waals surface area contributed by atoms with Gasteiger partial charge in [-0.2, -0.15) is 0 Å². The van der Waals surface area contributed by atoms with Gasteiger partial charge in [0.05, 0.1) is 16.6 Å². The van der Waals surface area contributed by atoms with Crippen molar-refractivity contribution < 1.29 is 13.6 Å². The fourth-order valence-electron chi connectivity index (χ4n) is 4.12. The number of benzene rings is 2. The van der Waals surface area contributed by atoms with Crippen LogP contribution in [0, 0.1) is 11.6 Å². The molecule has 0 saturated carbocycles. The first-order chi connectivity index (χ1) is 15.5. The summed E-state index contributed by atoms with van der Waals surface area (Å²) < 4.78 is 29.9. The molecule has 6 nitrogen and oxygen atoms in total. The van der Waals surface area contributed by atoms with Gasteiger partial charge in [0.15, 0.2) is 11.5 Å². The molecule has 1 aliphatic heterocycles. The molecule has 5 rings (SSSR count). The highest BCUT2D eigenvalue weighted by Crippen LogP contribution is 2.36. The minimum Gasteiger partial charge on any atom is -0.347 e. The minimum absolute atomic E-state index is 0.110. The Bertz CT molecular complexity index is 1310. The molecule has 1 amide bonds. The van der Waals surface area contributed by atoms with Crippen molar-refractivity contribution in [3.63, 3.8) is 0 Å². The van der Waals surface area contributed by atoms with Gasteiger partial charge in [-0.25, -0.2) is 18.3 Å². The van der Waals surface area contributed by atoms with E-state index in [9.17, 15) is 13.6 Å². The second-order valence-electron chi connectivity index (χ2n) is 7.65. The third-order valence-corrected chi connectivity index (χ3v) is 5.89. The summed E-state index contributed by atoms with van der Waals surface area (Å²) in [5.74, 6) is -0.979. The molecule has 162 valence electrons. The molecule has 0 unspecified atom stereocenters. The number of hydrogen-bond donors (Lipinski definition) is 1. The van der Waals surface area contributed by atoms with Crippen LogP contribution in [0.5, 0.6) is 0 Å². The highest BCUT2D eigenvalue weighted by Gasteiger charge is 2.35. The van der Waals surface area contributed by atoms with E-state index >= 15 is 0 Å². The predicted molar refractivity (Wildman–Crippen MR) is 117 cm³/mol. The zero-order chi connectivity index (χ0) is 22.2. The van der Waals surface area contributed by atoms with Crippen LogP contribution in [0.1, 0.15) is 28.4 Å². The van der Waals surface area contributed by atoms with Crippen LogP contribution in [0.2, 0.25) is 5.02 Å². The number of carbonyl (C=O) groups excluding carboxylic acids is 1. The molecule has 1 saturated heterocycles. The number of anilines is 1. The lowest BCUT2D eigenvalue weighted by molar-refractivity contribution is 0.0936. The number of halogens is 3. The lowest BCUT2D eigenvalue weighted by Crippen LogP contribution is -2.37. The quantitative estimate of drug-likeness (QED) is 0.497. The van der Waals surface area contributed by atoms with Gasteiger partial charge in [0.2, 0.25) is 0 Å². The molecule has 32 heavy (non-hydrogen) atoms. The Hall–Kier alpha value is -3.52. The van der Waals surface area contributed by atoms with E-state index in [4.69, 9.17) is 11.6 Å². The van der Waals surface area contributed by atoms with Gasteiger partial charge in [-0.1, -0.05) is 29.8 Å². The Balaban J connectivity index is 1.45. The first kappa shape index (κ1) is 20.4. The lowest BCUT2D eigenvalue weighted by atomic mass is 10.0. The molecular formula is C23H18ClF2N5O. The number of aromatic nitrogens is 3. The third kappa shape index (κ3) is 3.78. The smallest absolute Gasteiger partial charge is 0.254 e. The van der Waals surface area contributed by atoms with E-state index in [1.807, 2.05) is 23.1 Å². The van der Waals surface area contributed by atoms with E-state index in [-0.39, 0.29) is 28.5 Å². The fraction of sp³-hybridized carbons (Fsp3) is 0.174. The van der Waals surface area contributed by atoms with Gasteiger partial charge < -0.3 is 10.2 Å². The van der Waals surface area contributed by atoms with E-state index in [1.54, 1.807) is 23.0 Å². The molecule has 0 aliphatic carbocycles. The van der Waals surface area contributed by atoms with Crippen molar-refractivity contribution in [3.8, 4) is 0 Å². The van der Waals surface area contributed by atoms with E-state index in [0.29, 0.717) is 24.4 Å². The van der Waals surface area contributed by atoms with Crippen molar-refractivity contribution >= 4 is 29.0 Å². The molecule has 1 fully saturated rings. The molecule has 0 spiro atoms. The van der Waals surface area contributed by atoms with Crippen molar-refractivity contribution in [1.29, 1.82) is 0 Å². The maximum Gasteiger partial charge on any atom is 0.254 e. The van der Waals surface area contributed by atoms with E-state index in [2.05, 4.69) is 15.4 Å². The number of carbonyl (C=O) groups is 1. The topological polar surface area (TPSA) is 62.5 Å². The summed E-state index contributed by atoms with van der Waals surface area (Å²) in [5.41, 5.74) is 1.36. The van der Waals surface area contributed by atoms with E-state index < -0.39 is 11.7 Å². The van der Waals surface area contributed by atoms with Crippen LogP contribution in [-0.4, -0.2) is 33.1 Å². The SMILES string of the molecule is O=C(N[C@H]1C[C@H](c2cccc(F)c2)N(c2ccc3nccn3n2)C1)c1cccc(Cl)c1F. The summed E-state index contributed by atoms with van der Waals surface area (Å²) in [4.78, 5) is 19.0. The van der Waals surface area contributed by atoms with Gasteiger partial charge in [0, 0.05) is 25.0 Å². The zero-order valence-electron chi connectivity index (χ0n) is 16.8. The van der Waals surface area contributed by atoms with Gasteiger partial charge >= 0.3 is 0 Å². The zero-order valence-corrected chi connectivity index (χ0v) is 17.5. The summed E-state index contributed by atoms with van der Waals surface area (Å²) in [7, 11) is 0. The predicted octanol–water partition coefficient (Wildman–Crippen LogP) is 4.41. The fourth-order valence-corrected chi connectivity index (χ4v) is 4.30. The van der Waals surface area contributed by atoms with Gasteiger partial charge in [0.1, 0.15) is 11.6 Å². The number of nitrogens with one attached hydrogen (secondary N) is 1. The lowest BCUT2D eigenvalue weighted by Gasteiger charge is -2.25. The number of nitrogens with zero attached hydrogens (tertiary/aromatic N) is 4. The molecule has 1 aliphatic rings. The second-order valence-corrected chi connectivity index (χ2v) is 8.06. The van der Waals surface area contributed by atoms with E-state index in [0.717, 1.165) is 5.56 Å². The van der Waals surface area contributed by atoms with Crippen molar-refractivity contribution in [2.75, 3.05) is 11.4 Å². The standard InChI is InChI=1S/C23H18ClF2N5O/c24-18-6-2-5-17(22(18)26)23(32)28-16-12-19(14-3-1-4-15(25)11-14)30(13-16)21-8-7-20-27-9-10-31(20)29-21/h1-11,16,19H,12-13H2,(H,28,32)/t16-,19+/m0/s1. The van der Waals surface area contributed by atoms with Gasteiger partial charge in [-0.05, 0) is 48.4 Å². The summed E-state index contributed by atoms with van der Waals surface area (Å²) >= 11 is 5.82. The second kappa shape index (κ2) is 8.20. The van der Waals surface area contributed by atoms with Crippen LogP contribution in [0.4, 0.5) is 14.6 Å². The highest BCUT2D eigenvalue weighted by atomic mass is 35.5. The maximum atomic E-state index is 14.3. The maximum absolute atomic E-state index is 14.3. The van der Waals surface area contributed by atoms with Gasteiger partial charge in [-0.15, -0.1) is 5.10 Å². The summed E-state index contributed by atoms with van der Waals surface area (Å²) in [6.07, 6.45) is 3.90. The van der Waals surface area contributed by atoms with E-state index in [1.165, 1.54) is 30.3 Å². The Labute approximate surface area is 187 Å². The van der Waals surface area contributed by atoms with Crippen LogP contribution in [0.25, 0.3) is 5.65 Å². The molecular weight excluding hydrogens is 436 g/mol. The van der Waals surface area contributed by atoms with Crippen molar-refractivity contribution in [1.82, 2.24) is 19.9 Å². The molecule has 1 N–H and O–H groups in total. The van der Waals surface area contributed by atoms with Crippen molar-refractivity contribution in [2.45, 2.75) is 18.5 Å². The summed E-state index contributed by atoms with van der Waals surface area (Å²) in [6.45, 7) is 0.419. The van der Waals surface area contributed by atoms with Gasteiger partial charge in [0.25, 0.3) is 5.91 Å². The normalized spacial score (nSPS) is 18.3. The average molecular weight is 454 g/mol. The monoisotopic (exact) mass is 453 g/mol. The molecule has 2 aromatic heterocycles. The first-order valence-corrected chi connectivity index (χ1v) is 10.4. The molecule has 0 radical (unpaired) electrons. The third-order valence-electron chi connectivity index (χ3n) is 5.60. The Morgan fingerprint density at radius 1 is 1.12 bits per heavy atom. The largest absolute Gasteiger partial charge is 0.347 e. The number of imidazole rings is 1. The van der Waals surface area contributed by atoms with Crippen LogP contribution in [-0.2, 0) is 0 Å². The Morgan fingerprint density at radius 3 is 2.81 bits per heavy atom. The number of rotatable bonds is 4. The van der Waals surface area contributed by atoms with Crippen LogP contribution in [0.15, 0.2) is 67.0 Å². The van der Waals surface area contributed by atoms with Crippen LogP contribution in [0.3, 0.4) is 0 Å². The molecule has 3 heterocycles. The molecule has 0 bridgehead atoms. The van der Waals surface area contributed by atoms with Crippen molar-refractivity contribution in [3.05, 3.63) is 94.8 Å². The molecule has 4 aromatic rings. The van der Waals surface area contributed by atoms with Crippen LogP contribution >= 0.6 is 11.6 Å². The average Bonchev–Trinajstić information content (AvgIpc) is 3.42. The molecule has 9 heteroatoms. The summed E-state index contributed by atoms with van der Waals surface area (Å²) in [5, 5.41) is 7.39. The van der Waals surface area contributed by atoms with Crippen LogP contribution < -0.4 is 10.2 Å². The first-order valence-electron chi connectivity index (χ1n) is 10.1. The minimum atomic E-state index is -0.754. The highest BCUT2D eigenvalue weighted by molar-refractivity contribution is 6.31. The molecule has 2 atom stereocenters. The van der Waals surface area contributed by atoms with Crippen molar-refractivity contribution in [2.24, 2.45) is 0 Å². The number of fused-ring (bicyclic) bond motifs is 1. The Kier molecular flexibility index (Phi) is 5.22. The number of hydrogen-bond acceptors (Lipinski definition) is 4.